The molecule has 90 heavy (non-hydrogen) atoms. The van der Waals surface area contributed by atoms with E-state index in [1.165, 1.54) is 22.3 Å². The fourth-order valence-electron chi connectivity index (χ4n) is 13.6. The fourth-order valence-corrected chi connectivity index (χ4v) is 13.6. The highest BCUT2D eigenvalue weighted by atomic mass is 16.3. The highest BCUT2D eigenvalue weighted by Gasteiger charge is 2.26. The SMILES string of the molecule is c1ccc(-c2ccc(-c3c4ccc(N(c5ccc(-c6ccccc6)cc5)c5cccc6c5oc5ccccc56)cc4c(-c4ccc(-c5ccccc5)cc4)c4ccc(N(c5ccc(-c6ccccc6)cc5)c5cccc6c5oc5ccccc56)cc34)cc2)cc1. The lowest BCUT2D eigenvalue weighted by Crippen LogP contribution is -2.11. The van der Waals surface area contributed by atoms with Crippen LogP contribution in [0.1, 0.15) is 0 Å². The molecule has 17 aromatic rings. The van der Waals surface area contributed by atoms with Crippen molar-refractivity contribution < 1.29 is 8.83 Å². The van der Waals surface area contributed by atoms with E-state index in [-0.39, 0.29) is 0 Å². The maximum Gasteiger partial charge on any atom is 0.159 e. The third-order valence-electron chi connectivity index (χ3n) is 17.9. The van der Waals surface area contributed by atoms with Gasteiger partial charge in [0.05, 0.1) is 11.4 Å². The van der Waals surface area contributed by atoms with Gasteiger partial charge >= 0.3 is 0 Å². The first-order valence-electron chi connectivity index (χ1n) is 30.7. The van der Waals surface area contributed by atoms with Gasteiger partial charge in [-0.3, -0.25) is 0 Å². The number of para-hydroxylation sites is 4. The minimum Gasteiger partial charge on any atom is -0.454 e. The van der Waals surface area contributed by atoms with Crippen molar-refractivity contribution in [3.8, 4) is 66.8 Å². The third-order valence-corrected chi connectivity index (χ3v) is 17.9. The number of nitrogens with zero attached hydrogens (tertiary/aromatic N) is 2. The summed E-state index contributed by atoms with van der Waals surface area (Å²) in [5, 5.41) is 8.77. The third kappa shape index (κ3) is 9.17. The number of hydrogen-bond donors (Lipinski definition) is 0. The first-order valence-corrected chi connectivity index (χ1v) is 30.7. The van der Waals surface area contributed by atoms with E-state index >= 15 is 0 Å². The lowest BCUT2D eigenvalue weighted by molar-refractivity contribution is 0.668. The molecule has 0 saturated carbocycles. The number of rotatable bonds is 12. The zero-order chi connectivity index (χ0) is 59.5. The van der Waals surface area contributed by atoms with E-state index in [4.69, 9.17) is 8.83 Å². The molecule has 422 valence electrons. The molecule has 2 aromatic heterocycles. The summed E-state index contributed by atoms with van der Waals surface area (Å²) in [6.45, 7) is 0. The van der Waals surface area contributed by atoms with Gasteiger partial charge in [-0.15, -0.1) is 0 Å². The van der Waals surface area contributed by atoms with Crippen molar-refractivity contribution in [2.45, 2.75) is 0 Å². The average Bonchev–Trinajstić information content (AvgIpc) is 0.888. The standard InChI is InChI=1S/C86H56N2O2/c1-5-19-57(20-6-1)61-35-39-65(40-36-61)83-73-53-51-70(88(68-49-45-64(46-50-68)60-25-11-4-12-26-60)80-32-18-30-76-72-28-14-16-34-82(72)90-86(76)80)56-78(73)84(66-41-37-62(38-42-66)58-21-7-2-8-22-58)74-54-52-69(55-77(74)83)87(67-47-43-63(44-48-67)59-23-9-3-10-24-59)79-31-17-29-75-71-27-13-15-33-81(71)89-85(75)79/h1-56H. The molecule has 0 spiro atoms. The molecule has 0 aliphatic heterocycles. The van der Waals surface area contributed by atoms with Gasteiger partial charge in [0.25, 0.3) is 0 Å². The second kappa shape index (κ2) is 22.1. The molecular weight excluding hydrogens is 1090 g/mol. The molecule has 0 aliphatic rings. The zero-order valence-electron chi connectivity index (χ0n) is 49.0. The van der Waals surface area contributed by atoms with Crippen molar-refractivity contribution >= 4 is 99.5 Å². The summed E-state index contributed by atoms with van der Waals surface area (Å²) in [4.78, 5) is 4.75. The molecule has 0 N–H and O–H groups in total. The highest BCUT2D eigenvalue weighted by molar-refractivity contribution is 6.23. The van der Waals surface area contributed by atoms with Crippen LogP contribution in [0, 0.1) is 0 Å². The van der Waals surface area contributed by atoms with Crippen LogP contribution in [0.5, 0.6) is 0 Å². The van der Waals surface area contributed by atoms with Crippen LogP contribution in [-0.2, 0) is 0 Å². The molecule has 0 aliphatic carbocycles. The van der Waals surface area contributed by atoms with Crippen LogP contribution in [-0.4, -0.2) is 0 Å². The van der Waals surface area contributed by atoms with Gasteiger partial charge in [0.2, 0.25) is 0 Å². The number of hydrogen-bond acceptors (Lipinski definition) is 4. The highest BCUT2D eigenvalue weighted by Crippen LogP contribution is 2.51. The summed E-state index contributed by atoms with van der Waals surface area (Å²) in [6, 6.07) is 123. The lowest BCUT2D eigenvalue weighted by atomic mass is 9.84. The van der Waals surface area contributed by atoms with Crippen LogP contribution >= 0.6 is 0 Å². The van der Waals surface area contributed by atoms with E-state index < -0.39 is 0 Å². The Kier molecular flexibility index (Phi) is 12.8. The molecule has 4 nitrogen and oxygen atoms in total. The summed E-state index contributed by atoms with van der Waals surface area (Å²) in [7, 11) is 0. The predicted octanol–water partition coefficient (Wildman–Crippen LogP) is 24.7. The molecule has 0 bridgehead atoms. The van der Waals surface area contributed by atoms with Crippen molar-refractivity contribution in [1.82, 2.24) is 0 Å². The van der Waals surface area contributed by atoms with Crippen molar-refractivity contribution in [3.05, 3.63) is 340 Å². The molecule has 15 aromatic carbocycles. The molecule has 2 heterocycles. The van der Waals surface area contributed by atoms with Gasteiger partial charge < -0.3 is 18.6 Å². The Morgan fingerprint density at radius 3 is 0.811 bits per heavy atom. The normalized spacial score (nSPS) is 11.6. The topological polar surface area (TPSA) is 32.8 Å². The van der Waals surface area contributed by atoms with E-state index in [1.807, 2.05) is 12.1 Å². The molecule has 0 unspecified atom stereocenters. The Labute approximate surface area is 521 Å². The summed E-state index contributed by atoms with van der Waals surface area (Å²) >= 11 is 0. The van der Waals surface area contributed by atoms with Gasteiger partial charge in [-0.05, 0) is 161 Å². The van der Waals surface area contributed by atoms with Crippen molar-refractivity contribution in [3.63, 3.8) is 0 Å². The second-order valence-electron chi connectivity index (χ2n) is 23.1. The maximum atomic E-state index is 6.91. The van der Waals surface area contributed by atoms with E-state index in [0.717, 1.165) is 144 Å². The molecule has 0 radical (unpaired) electrons. The summed E-state index contributed by atoms with van der Waals surface area (Å²) in [5.74, 6) is 0. The summed E-state index contributed by atoms with van der Waals surface area (Å²) < 4.78 is 13.8. The smallest absolute Gasteiger partial charge is 0.159 e. The van der Waals surface area contributed by atoms with Gasteiger partial charge in [-0.1, -0.05) is 267 Å². The first-order chi connectivity index (χ1) is 44.6. The van der Waals surface area contributed by atoms with E-state index in [2.05, 4.69) is 337 Å². The minimum atomic E-state index is 0.825. The largest absolute Gasteiger partial charge is 0.454 e. The van der Waals surface area contributed by atoms with Crippen LogP contribution in [0.25, 0.3) is 132 Å². The van der Waals surface area contributed by atoms with Gasteiger partial charge in [-0.25, -0.2) is 0 Å². The van der Waals surface area contributed by atoms with Gasteiger partial charge in [0.1, 0.15) is 11.2 Å². The van der Waals surface area contributed by atoms with Crippen molar-refractivity contribution in [2.75, 3.05) is 9.80 Å². The van der Waals surface area contributed by atoms with Crippen molar-refractivity contribution in [2.24, 2.45) is 0 Å². The summed E-state index contributed by atoms with van der Waals surface area (Å²) in [6.07, 6.45) is 0. The summed E-state index contributed by atoms with van der Waals surface area (Å²) in [5.41, 5.74) is 23.0. The molecule has 0 saturated heterocycles. The monoisotopic (exact) mass is 1150 g/mol. The molecule has 0 fully saturated rings. The Morgan fingerprint density at radius 2 is 0.456 bits per heavy atom. The molecule has 0 amide bonds. The molecule has 4 heteroatoms. The fraction of sp³-hybridized carbons (Fsp3) is 0. The van der Waals surface area contributed by atoms with Crippen LogP contribution in [0.4, 0.5) is 34.1 Å². The number of anilines is 6. The number of fused-ring (bicyclic) bond motifs is 8. The molecule has 0 atom stereocenters. The van der Waals surface area contributed by atoms with Gasteiger partial charge in [-0.2, -0.15) is 0 Å². The predicted molar refractivity (Wildman–Crippen MR) is 378 cm³/mol. The Balaban J connectivity index is 0.945. The van der Waals surface area contributed by atoms with E-state index in [9.17, 15) is 0 Å². The zero-order valence-corrected chi connectivity index (χ0v) is 49.0. The molecular formula is C86H56N2O2. The van der Waals surface area contributed by atoms with Crippen molar-refractivity contribution in [1.29, 1.82) is 0 Å². The number of benzene rings is 15. The Morgan fingerprint density at radius 1 is 0.178 bits per heavy atom. The minimum absolute atomic E-state index is 0.825. The van der Waals surface area contributed by atoms with Crippen LogP contribution < -0.4 is 9.80 Å². The van der Waals surface area contributed by atoms with Crippen LogP contribution in [0.15, 0.2) is 349 Å². The van der Waals surface area contributed by atoms with Gasteiger partial charge in [0.15, 0.2) is 11.2 Å². The second-order valence-corrected chi connectivity index (χ2v) is 23.1. The Bertz CT molecular complexity index is 5140. The first kappa shape index (κ1) is 52.4. The maximum absolute atomic E-state index is 6.91. The van der Waals surface area contributed by atoms with Crippen LogP contribution in [0.2, 0.25) is 0 Å². The van der Waals surface area contributed by atoms with Crippen LogP contribution in [0.3, 0.4) is 0 Å². The van der Waals surface area contributed by atoms with Gasteiger partial charge in [0, 0.05) is 44.3 Å². The Hall–Kier alpha value is -12.0. The van der Waals surface area contributed by atoms with E-state index in [0.29, 0.717) is 0 Å². The quantitative estimate of drug-likeness (QED) is 0.114. The van der Waals surface area contributed by atoms with E-state index in [1.54, 1.807) is 0 Å². The average molecular weight is 1150 g/mol. The molecule has 17 rings (SSSR count). The number of furan rings is 2. The lowest BCUT2D eigenvalue weighted by Gasteiger charge is -2.28.